The van der Waals surface area contributed by atoms with E-state index in [2.05, 4.69) is 0 Å². The second-order valence-corrected chi connectivity index (χ2v) is 7.45. The Balaban J connectivity index is 1.68. The lowest BCUT2D eigenvalue weighted by Gasteiger charge is -2.24. The molecule has 0 bridgehead atoms. The van der Waals surface area contributed by atoms with Crippen molar-refractivity contribution in [1.29, 1.82) is 0 Å². The van der Waals surface area contributed by atoms with Crippen LogP contribution in [0.2, 0.25) is 0 Å². The molecule has 138 valence electrons. The summed E-state index contributed by atoms with van der Waals surface area (Å²) in [5.41, 5.74) is 0.282. The van der Waals surface area contributed by atoms with E-state index in [-0.39, 0.29) is 35.8 Å². The molecule has 0 N–H and O–H groups in total. The summed E-state index contributed by atoms with van der Waals surface area (Å²) in [6.07, 6.45) is -0.293. The zero-order chi connectivity index (χ0) is 18.0. The Hall–Kier alpha value is -1.47. The third kappa shape index (κ3) is 4.39. The van der Waals surface area contributed by atoms with Crippen molar-refractivity contribution < 1.29 is 28.5 Å². The van der Waals surface area contributed by atoms with E-state index in [9.17, 15) is 4.79 Å². The van der Waals surface area contributed by atoms with Crippen LogP contribution in [0.15, 0.2) is 30.3 Å². The van der Waals surface area contributed by atoms with E-state index < -0.39 is 6.48 Å². The molecular weight excluding hydrogens is 324 g/mol. The molecule has 1 aliphatic heterocycles. The number of fused-ring (bicyclic) bond motifs is 1. The molecule has 1 heterocycles. The summed E-state index contributed by atoms with van der Waals surface area (Å²) >= 11 is 0. The zero-order valence-electron chi connectivity index (χ0n) is 15.1. The molecule has 0 spiro atoms. The van der Waals surface area contributed by atoms with Gasteiger partial charge in [-0.05, 0) is 39.3 Å². The fourth-order valence-electron chi connectivity index (χ4n) is 3.21. The van der Waals surface area contributed by atoms with Gasteiger partial charge in [-0.15, -0.1) is 0 Å². The minimum atomic E-state index is -0.731. The highest BCUT2D eigenvalue weighted by Crippen LogP contribution is 2.40. The molecule has 1 unspecified atom stereocenters. The van der Waals surface area contributed by atoms with Gasteiger partial charge in [0.05, 0.1) is 23.9 Å². The second kappa shape index (κ2) is 7.41. The summed E-state index contributed by atoms with van der Waals surface area (Å²) in [5.74, 6) is -0.274. The highest BCUT2D eigenvalue weighted by atomic mass is 16.9. The molecule has 6 nitrogen and oxygen atoms in total. The zero-order valence-corrected chi connectivity index (χ0v) is 15.1. The summed E-state index contributed by atoms with van der Waals surface area (Å²) in [6, 6.07) is 8.95. The number of hydrogen-bond acceptors (Lipinski definition) is 6. The predicted octanol–water partition coefficient (Wildman–Crippen LogP) is 2.76. The van der Waals surface area contributed by atoms with Gasteiger partial charge in [-0.25, -0.2) is 4.79 Å². The van der Waals surface area contributed by atoms with Gasteiger partial charge < -0.3 is 23.7 Å². The third-order valence-electron chi connectivity index (χ3n) is 4.42. The smallest absolute Gasteiger partial charge is 0.338 e. The van der Waals surface area contributed by atoms with Crippen molar-refractivity contribution in [2.24, 2.45) is 5.92 Å². The maximum Gasteiger partial charge on any atom is 0.338 e. The summed E-state index contributed by atoms with van der Waals surface area (Å²) in [6.45, 7) is 5.82. The quantitative estimate of drug-likeness (QED) is 0.761. The van der Waals surface area contributed by atoms with Crippen LogP contribution in [0.4, 0.5) is 0 Å². The molecule has 2 fully saturated rings. The molecule has 6 heteroatoms. The average Bonchev–Trinajstić information content (AvgIpc) is 3.13. The highest BCUT2D eigenvalue weighted by Gasteiger charge is 2.53. The van der Waals surface area contributed by atoms with E-state index in [0.29, 0.717) is 18.6 Å². The van der Waals surface area contributed by atoms with Crippen LogP contribution in [-0.4, -0.2) is 50.1 Å². The lowest BCUT2D eigenvalue weighted by atomic mass is 10.1. The Morgan fingerprint density at radius 3 is 2.48 bits per heavy atom. The Morgan fingerprint density at radius 2 is 1.84 bits per heavy atom. The molecule has 0 radical (unpaired) electrons. The topological polar surface area (TPSA) is 63.2 Å². The molecule has 5 atom stereocenters. The first kappa shape index (κ1) is 18.3. The van der Waals surface area contributed by atoms with Gasteiger partial charge in [-0.3, -0.25) is 0 Å². The lowest BCUT2D eigenvalue weighted by Crippen LogP contribution is -2.32. The molecule has 25 heavy (non-hydrogen) atoms. The minimum absolute atomic E-state index is 0.0814. The van der Waals surface area contributed by atoms with Gasteiger partial charge in [-0.2, -0.15) is 0 Å². The van der Waals surface area contributed by atoms with Gasteiger partial charge in [0, 0.05) is 13.0 Å². The van der Waals surface area contributed by atoms with Gasteiger partial charge in [0.25, 0.3) is 6.48 Å². The lowest BCUT2D eigenvalue weighted by molar-refractivity contribution is -0.241. The number of esters is 1. The first-order valence-electron chi connectivity index (χ1n) is 8.61. The van der Waals surface area contributed by atoms with Gasteiger partial charge in [0.2, 0.25) is 0 Å². The van der Waals surface area contributed by atoms with E-state index in [1.807, 2.05) is 39.0 Å². The Kier molecular flexibility index (Phi) is 5.43. The molecule has 1 aliphatic carbocycles. The number of benzene rings is 1. The van der Waals surface area contributed by atoms with Crippen molar-refractivity contribution in [3.63, 3.8) is 0 Å². The van der Waals surface area contributed by atoms with Crippen molar-refractivity contribution in [2.75, 3.05) is 13.7 Å². The van der Waals surface area contributed by atoms with Crippen molar-refractivity contribution in [1.82, 2.24) is 0 Å². The first-order valence-corrected chi connectivity index (χ1v) is 8.61. The number of methoxy groups -OCH3 is 1. The van der Waals surface area contributed by atoms with Crippen molar-refractivity contribution in [3.8, 4) is 0 Å². The molecule has 0 aromatic heterocycles. The van der Waals surface area contributed by atoms with Gasteiger partial charge in [0.1, 0.15) is 12.2 Å². The van der Waals surface area contributed by atoms with Crippen LogP contribution in [-0.2, 0) is 23.7 Å². The Morgan fingerprint density at radius 1 is 1.16 bits per heavy atom. The second-order valence-electron chi connectivity index (χ2n) is 7.45. The van der Waals surface area contributed by atoms with E-state index in [4.69, 9.17) is 23.7 Å². The van der Waals surface area contributed by atoms with E-state index in [1.165, 1.54) is 7.11 Å². The standard InChI is InChI=1S/C19H26O6/c1-19(2,3)22-11-13-10-14(16-15(13)24-18(21-4)25-16)23-17(20)12-8-6-5-7-9-12/h5-9,13-16,18H,10-11H2,1-4H3/t13-,14+,15-,16+,18?/m0/s1. The predicted molar refractivity (Wildman–Crippen MR) is 90.0 cm³/mol. The largest absolute Gasteiger partial charge is 0.456 e. The fourth-order valence-corrected chi connectivity index (χ4v) is 3.21. The Bertz CT molecular complexity index is 581. The van der Waals surface area contributed by atoms with Crippen LogP contribution < -0.4 is 0 Å². The summed E-state index contributed by atoms with van der Waals surface area (Å²) in [5, 5.41) is 0. The molecule has 1 aromatic carbocycles. The highest BCUT2D eigenvalue weighted by molar-refractivity contribution is 5.89. The number of hydrogen-bond donors (Lipinski definition) is 0. The van der Waals surface area contributed by atoms with Crippen LogP contribution in [0.1, 0.15) is 37.6 Å². The Labute approximate surface area is 148 Å². The summed E-state index contributed by atoms with van der Waals surface area (Å²) in [7, 11) is 1.53. The minimum Gasteiger partial charge on any atom is -0.456 e. The number of carbonyl (C=O) groups excluding carboxylic acids is 1. The number of rotatable bonds is 5. The molecule has 3 rings (SSSR count). The summed E-state index contributed by atoms with van der Waals surface area (Å²) < 4.78 is 28.4. The normalized spacial score (nSPS) is 31.8. The van der Waals surface area contributed by atoms with Gasteiger partial charge >= 0.3 is 5.97 Å². The van der Waals surface area contributed by atoms with Gasteiger partial charge in [-0.1, -0.05) is 18.2 Å². The molecule has 1 saturated heterocycles. The molecule has 2 aliphatic rings. The van der Waals surface area contributed by atoms with Crippen LogP contribution in [0.3, 0.4) is 0 Å². The van der Waals surface area contributed by atoms with E-state index in [1.54, 1.807) is 12.1 Å². The van der Waals surface area contributed by atoms with Crippen molar-refractivity contribution >= 4 is 5.97 Å². The van der Waals surface area contributed by atoms with Crippen LogP contribution in [0.5, 0.6) is 0 Å². The summed E-state index contributed by atoms with van der Waals surface area (Å²) in [4.78, 5) is 12.4. The number of ether oxygens (including phenoxy) is 5. The fraction of sp³-hybridized carbons (Fsp3) is 0.632. The van der Waals surface area contributed by atoms with Crippen LogP contribution in [0, 0.1) is 5.92 Å². The molecule has 1 saturated carbocycles. The van der Waals surface area contributed by atoms with Gasteiger partial charge in [0.15, 0.2) is 0 Å². The van der Waals surface area contributed by atoms with Crippen molar-refractivity contribution in [2.45, 2.75) is 57.6 Å². The van der Waals surface area contributed by atoms with E-state index in [0.717, 1.165) is 0 Å². The number of carbonyl (C=O) groups is 1. The monoisotopic (exact) mass is 350 g/mol. The first-order chi connectivity index (χ1) is 11.9. The maximum atomic E-state index is 12.4. The van der Waals surface area contributed by atoms with Crippen LogP contribution in [0.25, 0.3) is 0 Å². The SMILES string of the molecule is COC1O[C@H]2[C@H](COC(C)(C)C)C[C@@H](OC(=O)c3ccccc3)[C@H]2O1. The average molecular weight is 350 g/mol. The molecular formula is C19H26O6. The van der Waals surface area contributed by atoms with Crippen LogP contribution >= 0.6 is 0 Å². The molecule has 1 aromatic rings. The third-order valence-corrected chi connectivity index (χ3v) is 4.42. The maximum absolute atomic E-state index is 12.4. The van der Waals surface area contributed by atoms with Crippen molar-refractivity contribution in [3.05, 3.63) is 35.9 Å². The molecule has 0 amide bonds. The van der Waals surface area contributed by atoms with E-state index >= 15 is 0 Å².